The third-order valence-corrected chi connectivity index (χ3v) is 3.99. The maximum Gasteiger partial charge on any atom is 0.288 e. The molecule has 3 nitrogen and oxygen atoms in total. The summed E-state index contributed by atoms with van der Waals surface area (Å²) in [4.78, 5) is 7.06. The largest absolute Gasteiger partial charge is 0.455 e. The molecule has 2 atom stereocenters. The van der Waals surface area contributed by atoms with E-state index in [1.807, 2.05) is 6.07 Å². The lowest BCUT2D eigenvalue weighted by atomic mass is 10.0. The van der Waals surface area contributed by atoms with E-state index in [9.17, 15) is 0 Å². The van der Waals surface area contributed by atoms with Gasteiger partial charge in [-0.1, -0.05) is 43.2 Å². The van der Waals surface area contributed by atoms with Crippen LogP contribution in [-0.4, -0.2) is 30.1 Å². The summed E-state index contributed by atoms with van der Waals surface area (Å²) in [5.74, 6) is 0. The average Bonchev–Trinajstić information content (AvgIpc) is 2.67. The second-order valence-corrected chi connectivity index (χ2v) is 5.50. The monoisotopic (exact) mass is 258 g/mol. The van der Waals surface area contributed by atoms with Crippen LogP contribution >= 0.6 is 0 Å². The Morgan fingerprint density at radius 3 is 2.42 bits per heavy atom. The molecule has 0 saturated carbocycles. The van der Waals surface area contributed by atoms with Gasteiger partial charge < -0.3 is 9.64 Å². The fraction of sp³-hybridized carbons (Fsp3) is 0.562. The highest BCUT2D eigenvalue weighted by molar-refractivity contribution is 5.76. The van der Waals surface area contributed by atoms with Gasteiger partial charge in [0.25, 0.3) is 6.02 Å². The summed E-state index contributed by atoms with van der Waals surface area (Å²) in [5, 5.41) is 0. The van der Waals surface area contributed by atoms with Crippen molar-refractivity contribution in [1.29, 1.82) is 0 Å². The minimum absolute atomic E-state index is 0.0828. The summed E-state index contributed by atoms with van der Waals surface area (Å²) in [6, 6.07) is 11.5. The summed E-state index contributed by atoms with van der Waals surface area (Å²) in [7, 11) is 0. The molecule has 2 unspecified atom stereocenters. The van der Waals surface area contributed by atoms with E-state index < -0.39 is 0 Å². The Kier molecular flexibility index (Phi) is 3.72. The van der Waals surface area contributed by atoms with E-state index >= 15 is 0 Å². The van der Waals surface area contributed by atoms with Crippen LogP contribution in [0.5, 0.6) is 0 Å². The van der Waals surface area contributed by atoms with Crippen LogP contribution < -0.4 is 0 Å². The molecular weight excluding hydrogens is 236 g/mol. The van der Waals surface area contributed by atoms with Gasteiger partial charge in [0.15, 0.2) is 0 Å². The molecule has 0 aliphatic carbocycles. The maximum absolute atomic E-state index is 6.13. The molecule has 1 fully saturated rings. The Balaban J connectivity index is 1.71. The average molecular weight is 258 g/mol. The van der Waals surface area contributed by atoms with Gasteiger partial charge in [0.1, 0.15) is 6.10 Å². The van der Waals surface area contributed by atoms with Gasteiger partial charge in [0.2, 0.25) is 0 Å². The lowest BCUT2D eigenvalue weighted by Crippen LogP contribution is -2.32. The number of likely N-dealkylation sites (tertiary alicyclic amines) is 1. The van der Waals surface area contributed by atoms with Gasteiger partial charge in [-0.05, 0) is 25.3 Å². The van der Waals surface area contributed by atoms with Crippen molar-refractivity contribution in [2.45, 2.75) is 44.8 Å². The molecule has 3 rings (SSSR count). The van der Waals surface area contributed by atoms with E-state index in [0.29, 0.717) is 0 Å². The number of benzene rings is 1. The van der Waals surface area contributed by atoms with Crippen LogP contribution in [0, 0.1) is 0 Å². The molecule has 3 heteroatoms. The molecule has 0 spiro atoms. The molecule has 2 aliphatic rings. The topological polar surface area (TPSA) is 24.8 Å². The zero-order chi connectivity index (χ0) is 13.1. The van der Waals surface area contributed by atoms with Crippen molar-refractivity contribution in [3.8, 4) is 0 Å². The Morgan fingerprint density at radius 2 is 1.74 bits per heavy atom. The molecule has 0 aromatic heterocycles. The van der Waals surface area contributed by atoms with E-state index in [1.165, 1.54) is 31.2 Å². The molecule has 1 saturated heterocycles. The van der Waals surface area contributed by atoms with Crippen LogP contribution in [0.25, 0.3) is 0 Å². The van der Waals surface area contributed by atoms with Crippen molar-refractivity contribution in [3.63, 3.8) is 0 Å². The lowest BCUT2D eigenvalue weighted by molar-refractivity contribution is 0.167. The Labute approximate surface area is 115 Å². The first-order valence-corrected chi connectivity index (χ1v) is 7.39. The molecule has 1 aromatic rings. The number of aliphatic imine (C=N–C) groups is 1. The second-order valence-electron chi connectivity index (χ2n) is 5.50. The highest BCUT2D eigenvalue weighted by Crippen LogP contribution is 2.30. The fourth-order valence-corrected chi connectivity index (χ4v) is 2.89. The van der Waals surface area contributed by atoms with Gasteiger partial charge in [-0.15, -0.1) is 0 Å². The van der Waals surface area contributed by atoms with Crippen LogP contribution in [0.3, 0.4) is 0 Å². The third-order valence-electron chi connectivity index (χ3n) is 3.99. The Morgan fingerprint density at radius 1 is 1.05 bits per heavy atom. The standard InChI is InChI=1S/C16H22N2O/c1-13-15(14-9-5-4-6-10-14)19-16(17-13)18-11-7-2-3-8-12-18/h4-6,9-10,13,15H,2-3,7-8,11-12H2,1H3. The summed E-state index contributed by atoms with van der Waals surface area (Å²) < 4.78 is 6.13. The second kappa shape index (κ2) is 5.64. The van der Waals surface area contributed by atoms with E-state index in [0.717, 1.165) is 19.1 Å². The minimum Gasteiger partial charge on any atom is -0.455 e. The van der Waals surface area contributed by atoms with Crippen LogP contribution in [0.4, 0.5) is 0 Å². The summed E-state index contributed by atoms with van der Waals surface area (Å²) in [5.41, 5.74) is 1.23. The Hall–Kier alpha value is -1.51. The zero-order valence-electron chi connectivity index (χ0n) is 11.6. The van der Waals surface area contributed by atoms with Gasteiger partial charge in [0, 0.05) is 13.1 Å². The van der Waals surface area contributed by atoms with Gasteiger partial charge >= 0.3 is 0 Å². The highest BCUT2D eigenvalue weighted by Gasteiger charge is 2.31. The number of hydrogen-bond donors (Lipinski definition) is 0. The van der Waals surface area contributed by atoms with Crippen molar-refractivity contribution >= 4 is 6.02 Å². The van der Waals surface area contributed by atoms with Crippen molar-refractivity contribution in [2.24, 2.45) is 4.99 Å². The first-order chi connectivity index (χ1) is 9.34. The molecule has 19 heavy (non-hydrogen) atoms. The molecule has 0 bridgehead atoms. The lowest BCUT2D eigenvalue weighted by Gasteiger charge is -2.22. The zero-order valence-corrected chi connectivity index (χ0v) is 11.6. The quantitative estimate of drug-likeness (QED) is 0.771. The first-order valence-electron chi connectivity index (χ1n) is 7.39. The number of ether oxygens (including phenoxy) is 1. The molecule has 102 valence electrons. The molecule has 2 heterocycles. The molecule has 0 radical (unpaired) electrons. The normalized spacial score (nSPS) is 27.6. The predicted molar refractivity (Wildman–Crippen MR) is 77.2 cm³/mol. The molecule has 2 aliphatic heterocycles. The van der Waals surface area contributed by atoms with Crippen LogP contribution in [0.2, 0.25) is 0 Å². The third kappa shape index (κ3) is 2.75. The van der Waals surface area contributed by atoms with Crippen molar-refractivity contribution in [2.75, 3.05) is 13.1 Å². The number of amidine groups is 1. The Bertz CT molecular complexity index is 435. The van der Waals surface area contributed by atoms with Crippen molar-refractivity contribution in [1.82, 2.24) is 4.90 Å². The molecule has 0 N–H and O–H groups in total. The maximum atomic E-state index is 6.13. The fourth-order valence-electron chi connectivity index (χ4n) is 2.89. The number of nitrogens with zero attached hydrogens (tertiary/aromatic N) is 2. The predicted octanol–water partition coefficient (Wildman–Crippen LogP) is 3.38. The van der Waals surface area contributed by atoms with E-state index in [2.05, 4.69) is 36.1 Å². The molecule has 0 amide bonds. The SMILES string of the molecule is CC1N=C(N2CCCCCC2)OC1c1ccccc1. The van der Waals surface area contributed by atoms with Crippen LogP contribution in [-0.2, 0) is 4.74 Å². The van der Waals surface area contributed by atoms with Gasteiger partial charge in [-0.3, -0.25) is 0 Å². The van der Waals surface area contributed by atoms with Crippen LogP contribution in [0.15, 0.2) is 35.3 Å². The van der Waals surface area contributed by atoms with Crippen molar-refractivity contribution in [3.05, 3.63) is 35.9 Å². The van der Waals surface area contributed by atoms with E-state index in [4.69, 9.17) is 9.73 Å². The summed E-state index contributed by atoms with van der Waals surface area (Å²) >= 11 is 0. The highest BCUT2D eigenvalue weighted by atomic mass is 16.5. The van der Waals surface area contributed by atoms with Gasteiger partial charge in [0.05, 0.1) is 6.04 Å². The minimum atomic E-state index is 0.0828. The number of hydrogen-bond acceptors (Lipinski definition) is 3. The molecule has 1 aromatic carbocycles. The smallest absolute Gasteiger partial charge is 0.288 e. The van der Waals surface area contributed by atoms with Crippen molar-refractivity contribution < 1.29 is 4.74 Å². The summed E-state index contributed by atoms with van der Waals surface area (Å²) in [6.07, 6.45) is 5.27. The van der Waals surface area contributed by atoms with Gasteiger partial charge in [-0.25, -0.2) is 4.99 Å². The summed E-state index contributed by atoms with van der Waals surface area (Å²) in [6.45, 7) is 4.32. The van der Waals surface area contributed by atoms with E-state index in [-0.39, 0.29) is 12.1 Å². The first kappa shape index (κ1) is 12.5. The molecular formula is C16H22N2O. The van der Waals surface area contributed by atoms with Crippen LogP contribution in [0.1, 0.15) is 44.3 Å². The van der Waals surface area contributed by atoms with E-state index in [1.54, 1.807) is 0 Å². The van der Waals surface area contributed by atoms with Gasteiger partial charge in [-0.2, -0.15) is 0 Å². The number of rotatable bonds is 1.